The number of nitriles is 1. The van der Waals surface area contributed by atoms with Crippen LogP contribution in [0.1, 0.15) is 11.1 Å². The molecule has 182 valence electrons. The van der Waals surface area contributed by atoms with Crippen molar-refractivity contribution < 1.29 is 14.2 Å². The number of morpholine rings is 2. The van der Waals surface area contributed by atoms with Gasteiger partial charge in [-0.25, -0.2) is 4.98 Å². The van der Waals surface area contributed by atoms with Crippen LogP contribution in [0.3, 0.4) is 0 Å². The van der Waals surface area contributed by atoms with Crippen molar-refractivity contribution in [3.05, 3.63) is 53.9 Å². The maximum Gasteiger partial charge on any atom is 0.137 e. The third-order valence-electron chi connectivity index (χ3n) is 6.51. The molecule has 0 aliphatic carbocycles. The second kappa shape index (κ2) is 11.5. The minimum absolute atomic E-state index is 0.536. The number of aromatic amines is 1. The average Bonchev–Trinajstić information content (AvgIpc) is 3.33. The average molecular weight is 474 g/mol. The smallest absolute Gasteiger partial charge is 0.137 e. The normalized spacial score (nSPS) is 17.7. The van der Waals surface area contributed by atoms with Crippen LogP contribution < -0.4 is 4.74 Å². The number of benzene rings is 1. The van der Waals surface area contributed by atoms with Crippen LogP contribution in [0.15, 0.2) is 42.7 Å². The van der Waals surface area contributed by atoms with Crippen molar-refractivity contribution in [2.75, 3.05) is 72.3 Å². The van der Waals surface area contributed by atoms with Gasteiger partial charge in [-0.3, -0.25) is 9.80 Å². The van der Waals surface area contributed by atoms with Gasteiger partial charge in [0.1, 0.15) is 24.1 Å². The van der Waals surface area contributed by atoms with Crippen molar-refractivity contribution in [1.82, 2.24) is 19.8 Å². The Morgan fingerprint density at radius 3 is 2.60 bits per heavy atom. The molecular formula is C27H31N5O3. The molecule has 2 aromatic heterocycles. The number of nitrogens with zero attached hydrogens (tertiary/aromatic N) is 4. The Labute approximate surface area is 205 Å². The molecule has 1 aromatic carbocycles. The minimum atomic E-state index is 0.536. The number of ether oxygens (including phenoxy) is 3. The zero-order valence-electron chi connectivity index (χ0n) is 19.9. The predicted octanol–water partition coefficient (Wildman–Crippen LogP) is 3.16. The summed E-state index contributed by atoms with van der Waals surface area (Å²) in [6, 6.07) is 10.2. The van der Waals surface area contributed by atoms with E-state index >= 15 is 0 Å². The van der Waals surface area contributed by atoms with E-state index in [-0.39, 0.29) is 0 Å². The van der Waals surface area contributed by atoms with Crippen molar-refractivity contribution in [2.24, 2.45) is 0 Å². The molecule has 0 saturated carbocycles. The van der Waals surface area contributed by atoms with Crippen LogP contribution in [0.4, 0.5) is 0 Å². The fourth-order valence-electron chi connectivity index (χ4n) is 4.49. The zero-order chi connectivity index (χ0) is 23.9. The number of pyridine rings is 1. The third kappa shape index (κ3) is 5.89. The number of hydrogen-bond donors (Lipinski definition) is 1. The van der Waals surface area contributed by atoms with E-state index in [9.17, 15) is 5.26 Å². The van der Waals surface area contributed by atoms with Crippen molar-refractivity contribution in [2.45, 2.75) is 0 Å². The monoisotopic (exact) mass is 473 g/mol. The van der Waals surface area contributed by atoms with Crippen LogP contribution >= 0.6 is 0 Å². The lowest BCUT2D eigenvalue weighted by atomic mass is 10.0. The van der Waals surface area contributed by atoms with E-state index in [1.165, 1.54) is 0 Å². The second-order valence-corrected chi connectivity index (χ2v) is 8.81. The molecule has 5 rings (SSSR count). The van der Waals surface area contributed by atoms with Gasteiger partial charge in [-0.15, -0.1) is 0 Å². The first-order valence-electron chi connectivity index (χ1n) is 12.2. The number of nitrogens with one attached hydrogen (secondary N) is 1. The number of fused-ring (bicyclic) bond motifs is 1. The van der Waals surface area contributed by atoms with Gasteiger partial charge in [0, 0.05) is 62.6 Å². The summed E-state index contributed by atoms with van der Waals surface area (Å²) in [5.74, 6) is 0.620. The summed E-state index contributed by atoms with van der Waals surface area (Å²) in [6.07, 6.45) is 8.13. The van der Waals surface area contributed by atoms with E-state index in [1.54, 1.807) is 0 Å². The maximum absolute atomic E-state index is 9.75. The maximum atomic E-state index is 9.75. The molecule has 2 saturated heterocycles. The molecule has 4 heterocycles. The van der Waals surface area contributed by atoms with Gasteiger partial charge < -0.3 is 19.2 Å². The lowest BCUT2D eigenvalue weighted by Gasteiger charge is -2.26. The molecule has 0 radical (unpaired) electrons. The number of H-pyrrole nitrogens is 1. The van der Waals surface area contributed by atoms with E-state index in [4.69, 9.17) is 14.2 Å². The summed E-state index contributed by atoms with van der Waals surface area (Å²) in [5.41, 5.74) is 4.40. The molecule has 8 nitrogen and oxygen atoms in total. The van der Waals surface area contributed by atoms with Crippen LogP contribution in [-0.2, 0) is 9.47 Å². The number of aromatic nitrogens is 2. The fourth-order valence-corrected chi connectivity index (χ4v) is 4.49. The standard InChI is InChI=1S/C27H31N5O3/c28-18-23-17-22(3-4-26(23)35-15-10-32-8-13-34-14-9-32)25-20-30-27-24(25)16-21(19-29-27)2-1-5-31-6-11-33-12-7-31/h1-4,16-17,19-20H,5-15H2,(H,29,30)/b2-1+. The van der Waals surface area contributed by atoms with Gasteiger partial charge >= 0.3 is 0 Å². The highest BCUT2D eigenvalue weighted by Gasteiger charge is 2.13. The molecule has 2 aliphatic rings. The molecule has 2 aliphatic heterocycles. The lowest BCUT2D eigenvalue weighted by molar-refractivity contribution is 0.0322. The zero-order valence-corrected chi connectivity index (χ0v) is 19.9. The van der Waals surface area contributed by atoms with E-state index in [0.717, 1.165) is 93.4 Å². The quantitative estimate of drug-likeness (QED) is 0.538. The Bertz CT molecular complexity index is 1200. The van der Waals surface area contributed by atoms with Gasteiger partial charge in [-0.1, -0.05) is 18.2 Å². The van der Waals surface area contributed by atoms with E-state index < -0.39 is 0 Å². The SMILES string of the molecule is N#Cc1cc(-c2c[nH]c3ncc(/C=C/CN4CCOCC4)cc23)ccc1OCCN1CCOCC1. The van der Waals surface area contributed by atoms with Gasteiger partial charge in [-0.2, -0.15) is 5.26 Å². The summed E-state index contributed by atoms with van der Waals surface area (Å²) >= 11 is 0. The number of hydrogen-bond acceptors (Lipinski definition) is 7. The summed E-state index contributed by atoms with van der Waals surface area (Å²) in [6.45, 7) is 9.20. The van der Waals surface area contributed by atoms with Gasteiger partial charge in [0.05, 0.1) is 32.0 Å². The Morgan fingerprint density at radius 1 is 1.06 bits per heavy atom. The predicted molar refractivity (Wildman–Crippen MR) is 135 cm³/mol. The summed E-state index contributed by atoms with van der Waals surface area (Å²) < 4.78 is 16.8. The molecule has 0 atom stereocenters. The largest absolute Gasteiger partial charge is 0.491 e. The van der Waals surface area contributed by atoms with Crippen LogP contribution in [0, 0.1) is 11.3 Å². The van der Waals surface area contributed by atoms with Gasteiger partial charge in [0.15, 0.2) is 0 Å². The second-order valence-electron chi connectivity index (χ2n) is 8.81. The van der Waals surface area contributed by atoms with E-state index in [2.05, 4.69) is 44.1 Å². The van der Waals surface area contributed by atoms with Gasteiger partial charge in [0.2, 0.25) is 0 Å². The molecule has 0 unspecified atom stereocenters. The van der Waals surface area contributed by atoms with Crippen molar-refractivity contribution >= 4 is 17.1 Å². The molecule has 0 amide bonds. The van der Waals surface area contributed by atoms with Crippen LogP contribution in [0.2, 0.25) is 0 Å². The first-order chi connectivity index (χ1) is 17.3. The molecule has 3 aromatic rings. The number of rotatable bonds is 8. The molecule has 2 fully saturated rings. The summed E-state index contributed by atoms with van der Waals surface area (Å²) in [7, 11) is 0. The molecule has 0 spiro atoms. The fraction of sp³-hybridized carbons (Fsp3) is 0.407. The molecular weight excluding hydrogens is 442 g/mol. The Kier molecular flexibility index (Phi) is 7.71. The van der Waals surface area contributed by atoms with Crippen LogP contribution in [-0.4, -0.2) is 92.1 Å². The minimum Gasteiger partial charge on any atom is -0.491 e. The molecule has 35 heavy (non-hydrogen) atoms. The molecule has 8 heteroatoms. The Balaban J connectivity index is 1.28. The van der Waals surface area contributed by atoms with Crippen LogP contribution in [0.5, 0.6) is 5.75 Å². The van der Waals surface area contributed by atoms with Crippen molar-refractivity contribution in [3.8, 4) is 22.9 Å². The lowest BCUT2D eigenvalue weighted by Crippen LogP contribution is -2.38. The van der Waals surface area contributed by atoms with E-state index in [1.807, 2.05) is 30.6 Å². The first-order valence-corrected chi connectivity index (χ1v) is 12.2. The Morgan fingerprint density at radius 2 is 1.83 bits per heavy atom. The van der Waals surface area contributed by atoms with Crippen molar-refractivity contribution in [1.29, 1.82) is 5.26 Å². The highest BCUT2D eigenvalue weighted by Crippen LogP contribution is 2.32. The molecule has 1 N–H and O–H groups in total. The topological polar surface area (TPSA) is 86.6 Å². The van der Waals surface area contributed by atoms with Gasteiger partial charge in [-0.05, 0) is 29.3 Å². The highest BCUT2D eigenvalue weighted by molar-refractivity contribution is 5.95. The Hall–Kier alpha value is -3.22. The van der Waals surface area contributed by atoms with Gasteiger partial charge in [0.25, 0.3) is 0 Å². The van der Waals surface area contributed by atoms with E-state index in [0.29, 0.717) is 17.9 Å². The van der Waals surface area contributed by atoms with Crippen molar-refractivity contribution in [3.63, 3.8) is 0 Å². The highest BCUT2D eigenvalue weighted by atomic mass is 16.5. The summed E-state index contributed by atoms with van der Waals surface area (Å²) in [4.78, 5) is 12.5. The first kappa shape index (κ1) is 23.5. The third-order valence-corrected chi connectivity index (χ3v) is 6.51. The molecule has 0 bridgehead atoms. The summed E-state index contributed by atoms with van der Waals surface area (Å²) in [5, 5.41) is 10.8. The van der Waals surface area contributed by atoms with Crippen LogP contribution in [0.25, 0.3) is 28.2 Å².